The predicted molar refractivity (Wildman–Crippen MR) is 63.4 cm³/mol. The van der Waals surface area contributed by atoms with Crippen LogP contribution in [0.2, 0.25) is 0 Å². The van der Waals surface area contributed by atoms with Gasteiger partial charge in [-0.05, 0) is 35.0 Å². The third kappa shape index (κ3) is 4.79. The van der Waals surface area contributed by atoms with Crippen molar-refractivity contribution < 1.29 is 0 Å². The first-order chi connectivity index (χ1) is 6.83. The highest BCUT2D eigenvalue weighted by atomic mass is 79.9. The molecule has 0 radical (unpaired) electrons. The normalized spacial score (nSPS) is 10.7. The monoisotopic (exact) mass is 259 g/mol. The minimum absolute atomic E-state index is 0.902. The number of aromatic amines is 1. The maximum absolute atomic E-state index is 3.40. The fraction of sp³-hybridized carbons (Fsp3) is 0.600. The smallest absolute Gasteiger partial charge is 0.0358 e. The molecule has 0 spiro atoms. The molecule has 4 heteroatoms. The van der Waals surface area contributed by atoms with E-state index in [9.17, 15) is 0 Å². The Morgan fingerprint density at radius 3 is 2.71 bits per heavy atom. The van der Waals surface area contributed by atoms with Gasteiger partial charge in [0.05, 0.1) is 0 Å². The molecule has 3 nitrogen and oxygen atoms in total. The Labute approximate surface area is 93.8 Å². The summed E-state index contributed by atoms with van der Waals surface area (Å²) in [5.41, 5.74) is 1.22. The van der Waals surface area contributed by atoms with Crippen LogP contribution >= 0.6 is 15.9 Å². The van der Waals surface area contributed by atoms with Gasteiger partial charge in [-0.3, -0.25) is 0 Å². The van der Waals surface area contributed by atoms with Crippen molar-refractivity contribution in [3.05, 3.63) is 22.4 Å². The molecule has 0 fully saturated rings. The molecule has 0 aromatic carbocycles. The largest absolute Gasteiger partial charge is 0.363 e. The first-order valence-electron chi connectivity index (χ1n) is 5.07. The van der Waals surface area contributed by atoms with E-state index in [4.69, 9.17) is 0 Å². The van der Waals surface area contributed by atoms with E-state index >= 15 is 0 Å². The molecule has 0 bridgehead atoms. The molecule has 0 aliphatic carbocycles. The molecule has 0 atom stereocenters. The zero-order valence-electron chi connectivity index (χ0n) is 8.57. The summed E-state index contributed by atoms with van der Waals surface area (Å²) >= 11 is 3.40. The molecule has 0 saturated heterocycles. The third-order valence-electron chi connectivity index (χ3n) is 1.93. The predicted octanol–water partition coefficient (Wildman–Crippen LogP) is 1.87. The molecule has 1 aromatic heterocycles. The van der Waals surface area contributed by atoms with Crippen molar-refractivity contribution in [3.63, 3.8) is 0 Å². The molecule has 1 aromatic rings. The number of rotatable bonds is 7. The van der Waals surface area contributed by atoms with Gasteiger partial charge in [0.15, 0.2) is 0 Å². The highest BCUT2D eigenvalue weighted by molar-refractivity contribution is 9.10. The van der Waals surface area contributed by atoms with Crippen molar-refractivity contribution in [2.45, 2.75) is 19.9 Å². The zero-order valence-corrected chi connectivity index (χ0v) is 10.2. The Balaban J connectivity index is 1.99. The van der Waals surface area contributed by atoms with E-state index in [1.54, 1.807) is 0 Å². The van der Waals surface area contributed by atoms with Gasteiger partial charge in [0.2, 0.25) is 0 Å². The molecular weight excluding hydrogens is 242 g/mol. The second-order valence-electron chi connectivity index (χ2n) is 3.27. The van der Waals surface area contributed by atoms with Crippen LogP contribution in [-0.2, 0) is 6.54 Å². The highest BCUT2D eigenvalue weighted by Crippen LogP contribution is 2.09. The van der Waals surface area contributed by atoms with Crippen molar-refractivity contribution >= 4 is 15.9 Å². The summed E-state index contributed by atoms with van der Waals surface area (Å²) in [6.07, 6.45) is 3.15. The molecule has 80 valence electrons. The number of hydrogen-bond acceptors (Lipinski definition) is 2. The first kappa shape index (κ1) is 11.8. The second-order valence-corrected chi connectivity index (χ2v) is 4.19. The van der Waals surface area contributed by atoms with Crippen LogP contribution in [0.1, 0.15) is 19.0 Å². The standard InChI is InChI=1S/C10H18BrN3/c1-2-3-12-4-5-13-8-10-6-9(11)7-14-10/h6-7,12-14H,2-5,8H2,1H3. The molecule has 0 saturated carbocycles. The molecule has 1 rings (SSSR count). The van der Waals surface area contributed by atoms with E-state index in [0.29, 0.717) is 0 Å². The lowest BCUT2D eigenvalue weighted by Crippen LogP contribution is -2.27. The van der Waals surface area contributed by atoms with Crippen LogP contribution in [0.3, 0.4) is 0 Å². The number of aromatic nitrogens is 1. The van der Waals surface area contributed by atoms with Gasteiger partial charge >= 0.3 is 0 Å². The van der Waals surface area contributed by atoms with Crippen molar-refractivity contribution in [1.82, 2.24) is 15.6 Å². The topological polar surface area (TPSA) is 39.8 Å². The van der Waals surface area contributed by atoms with Crippen LogP contribution in [-0.4, -0.2) is 24.6 Å². The Morgan fingerprint density at radius 2 is 2.07 bits per heavy atom. The van der Waals surface area contributed by atoms with Crippen molar-refractivity contribution in [2.24, 2.45) is 0 Å². The summed E-state index contributed by atoms with van der Waals surface area (Å²) < 4.78 is 1.11. The van der Waals surface area contributed by atoms with Crippen LogP contribution < -0.4 is 10.6 Å². The lowest BCUT2D eigenvalue weighted by Gasteiger charge is -2.04. The van der Waals surface area contributed by atoms with Crippen LogP contribution in [0.5, 0.6) is 0 Å². The van der Waals surface area contributed by atoms with Crippen molar-refractivity contribution in [1.29, 1.82) is 0 Å². The van der Waals surface area contributed by atoms with E-state index in [2.05, 4.69) is 44.5 Å². The number of nitrogens with one attached hydrogen (secondary N) is 3. The molecular formula is C10H18BrN3. The van der Waals surface area contributed by atoms with Gasteiger partial charge < -0.3 is 15.6 Å². The van der Waals surface area contributed by atoms with Crippen LogP contribution in [0.25, 0.3) is 0 Å². The van der Waals surface area contributed by atoms with E-state index in [1.807, 2.05) is 6.20 Å². The van der Waals surface area contributed by atoms with Gasteiger partial charge in [-0.1, -0.05) is 6.92 Å². The highest BCUT2D eigenvalue weighted by Gasteiger charge is 1.94. The van der Waals surface area contributed by atoms with E-state index in [1.165, 1.54) is 12.1 Å². The van der Waals surface area contributed by atoms with E-state index < -0.39 is 0 Å². The maximum Gasteiger partial charge on any atom is 0.0358 e. The molecule has 14 heavy (non-hydrogen) atoms. The summed E-state index contributed by atoms with van der Waals surface area (Å²) in [7, 11) is 0. The van der Waals surface area contributed by atoms with Crippen LogP contribution in [0.4, 0.5) is 0 Å². The Kier molecular flexibility index (Phi) is 5.91. The van der Waals surface area contributed by atoms with Gasteiger partial charge in [-0.25, -0.2) is 0 Å². The van der Waals surface area contributed by atoms with E-state index in [0.717, 1.165) is 30.7 Å². The maximum atomic E-state index is 3.40. The summed E-state index contributed by atoms with van der Waals surface area (Å²) in [6, 6.07) is 2.09. The Morgan fingerprint density at radius 1 is 1.29 bits per heavy atom. The minimum atomic E-state index is 0.902. The first-order valence-corrected chi connectivity index (χ1v) is 5.86. The van der Waals surface area contributed by atoms with Gasteiger partial charge in [0.1, 0.15) is 0 Å². The third-order valence-corrected chi connectivity index (χ3v) is 2.39. The number of halogens is 1. The van der Waals surface area contributed by atoms with Gasteiger partial charge in [0.25, 0.3) is 0 Å². The van der Waals surface area contributed by atoms with Crippen LogP contribution in [0.15, 0.2) is 16.7 Å². The summed E-state index contributed by atoms with van der Waals surface area (Å²) in [5.74, 6) is 0. The quantitative estimate of drug-likeness (QED) is 0.655. The zero-order chi connectivity index (χ0) is 10.2. The van der Waals surface area contributed by atoms with Gasteiger partial charge in [-0.15, -0.1) is 0 Å². The molecule has 0 amide bonds. The lowest BCUT2D eigenvalue weighted by molar-refractivity contribution is 0.603. The van der Waals surface area contributed by atoms with Crippen LogP contribution in [0, 0.1) is 0 Å². The lowest BCUT2D eigenvalue weighted by atomic mass is 10.4. The summed E-state index contributed by atoms with van der Waals surface area (Å²) in [6.45, 7) is 6.23. The van der Waals surface area contributed by atoms with Gasteiger partial charge in [-0.2, -0.15) is 0 Å². The van der Waals surface area contributed by atoms with Crippen molar-refractivity contribution in [2.75, 3.05) is 19.6 Å². The Hall–Kier alpha value is -0.320. The number of H-pyrrole nitrogens is 1. The fourth-order valence-corrected chi connectivity index (χ4v) is 1.61. The van der Waals surface area contributed by atoms with Crippen molar-refractivity contribution in [3.8, 4) is 0 Å². The molecule has 3 N–H and O–H groups in total. The SMILES string of the molecule is CCCNCCNCc1cc(Br)c[nH]1. The van der Waals surface area contributed by atoms with Gasteiger partial charge in [0, 0.05) is 36.0 Å². The average molecular weight is 260 g/mol. The molecule has 1 heterocycles. The summed E-state index contributed by atoms with van der Waals surface area (Å²) in [4.78, 5) is 3.18. The molecule has 0 aliphatic heterocycles. The molecule has 0 unspecified atom stereocenters. The fourth-order valence-electron chi connectivity index (χ4n) is 1.22. The minimum Gasteiger partial charge on any atom is -0.363 e. The molecule has 0 aliphatic rings. The average Bonchev–Trinajstić information content (AvgIpc) is 2.58. The number of hydrogen-bond donors (Lipinski definition) is 3. The Bertz CT molecular complexity index is 247. The van der Waals surface area contributed by atoms with E-state index in [-0.39, 0.29) is 0 Å². The summed E-state index contributed by atoms with van der Waals surface area (Å²) in [5, 5.41) is 6.70. The second kappa shape index (κ2) is 7.04.